The van der Waals surface area contributed by atoms with Gasteiger partial charge in [0.25, 0.3) is 0 Å². The molecule has 0 aliphatic rings. The van der Waals surface area contributed by atoms with Crippen LogP contribution in [0.2, 0.25) is 0 Å². The number of benzene rings is 1. The Hall–Kier alpha value is -1.42. The average Bonchev–Trinajstić information content (AvgIpc) is 2.33. The Bertz CT molecular complexity index is 371. The minimum atomic E-state index is 0.191. The van der Waals surface area contributed by atoms with E-state index in [4.69, 9.17) is 5.73 Å². The fraction of sp³-hybridized carbons (Fsp3) is 0.385. The van der Waals surface area contributed by atoms with Crippen molar-refractivity contribution in [3.8, 4) is 0 Å². The molecular formula is C13H19N3S. The Balaban J connectivity index is 2.39. The highest BCUT2D eigenvalue weighted by molar-refractivity contribution is 7.80. The number of hydrazone groups is 1. The molecule has 1 aromatic rings. The SMILES string of the molecule is CCCCc1ccc(CC=NNC(N)=S)cc1. The fourth-order valence-electron chi connectivity index (χ4n) is 1.48. The van der Waals surface area contributed by atoms with Crippen molar-refractivity contribution >= 4 is 23.5 Å². The van der Waals surface area contributed by atoms with Crippen molar-refractivity contribution in [3.05, 3.63) is 35.4 Å². The van der Waals surface area contributed by atoms with Crippen molar-refractivity contribution in [1.82, 2.24) is 5.43 Å². The van der Waals surface area contributed by atoms with Crippen LogP contribution >= 0.6 is 12.2 Å². The van der Waals surface area contributed by atoms with Crippen LogP contribution in [0.15, 0.2) is 29.4 Å². The summed E-state index contributed by atoms with van der Waals surface area (Å²) in [6, 6.07) is 8.63. The van der Waals surface area contributed by atoms with Gasteiger partial charge in [-0.05, 0) is 36.2 Å². The highest BCUT2D eigenvalue weighted by Gasteiger charge is 1.93. The number of hydrogen-bond donors (Lipinski definition) is 2. The maximum Gasteiger partial charge on any atom is 0.184 e. The van der Waals surface area contributed by atoms with Gasteiger partial charge in [0.05, 0.1) is 0 Å². The fourth-order valence-corrected chi connectivity index (χ4v) is 1.54. The van der Waals surface area contributed by atoms with Gasteiger partial charge in [-0.3, -0.25) is 5.43 Å². The standard InChI is InChI=1S/C13H19N3S/c1-2-3-4-11-5-7-12(8-6-11)9-10-15-16-13(14)17/h5-8,10H,2-4,9H2,1H3,(H3,14,16,17). The summed E-state index contributed by atoms with van der Waals surface area (Å²) in [5, 5.41) is 4.09. The van der Waals surface area contributed by atoms with Gasteiger partial charge in [0, 0.05) is 12.6 Å². The van der Waals surface area contributed by atoms with Gasteiger partial charge in [0.2, 0.25) is 0 Å². The van der Waals surface area contributed by atoms with Gasteiger partial charge in [-0.2, -0.15) is 5.10 Å². The molecule has 0 aliphatic carbocycles. The summed E-state index contributed by atoms with van der Waals surface area (Å²) in [6.07, 6.45) is 6.19. The summed E-state index contributed by atoms with van der Waals surface area (Å²) in [6.45, 7) is 2.21. The molecule has 0 bridgehead atoms. The molecule has 1 aromatic carbocycles. The zero-order valence-electron chi connectivity index (χ0n) is 10.1. The number of thiocarbonyl (C=S) groups is 1. The highest BCUT2D eigenvalue weighted by atomic mass is 32.1. The summed E-state index contributed by atoms with van der Waals surface area (Å²) in [5.74, 6) is 0. The highest BCUT2D eigenvalue weighted by Crippen LogP contribution is 2.07. The molecule has 0 spiro atoms. The summed E-state index contributed by atoms with van der Waals surface area (Å²) in [4.78, 5) is 0. The zero-order valence-corrected chi connectivity index (χ0v) is 11.0. The Kier molecular flexibility index (Phi) is 6.25. The first kappa shape index (κ1) is 13.6. The van der Waals surface area contributed by atoms with Crippen LogP contribution in [0.25, 0.3) is 0 Å². The molecule has 17 heavy (non-hydrogen) atoms. The normalized spacial score (nSPS) is 10.6. The van der Waals surface area contributed by atoms with Gasteiger partial charge in [-0.15, -0.1) is 0 Å². The maximum absolute atomic E-state index is 5.24. The van der Waals surface area contributed by atoms with E-state index in [2.05, 4.69) is 53.9 Å². The Labute approximate surface area is 108 Å². The largest absolute Gasteiger partial charge is 0.375 e. The topological polar surface area (TPSA) is 50.4 Å². The van der Waals surface area contributed by atoms with Crippen LogP contribution in [0.1, 0.15) is 30.9 Å². The minimum Gasteiger partial charge on any atom is -0.375 e. The van der Waals surface area contributed by atoms with Gasteiger partial charge >= 0.3 is 0 Å². The molecule has 0 amide bonds. The maximum atomic E-state index is 5.24. The third-order valence-corrected chi connectivity index (χ3v) is 2.53. The van der Waals surface area contributed by atoms with Crippen LogP contribution in [0.4, 0.5) is 0 Å². The monoisotopic (exact) mass is 249 g/mol. The molecule has 0 saturated carbocycles. The van der Waals surface area contributed by atoms with Crippen LogP contribution in [0, 0.1) is 0 Å². The minimum absolute atomic E-state index is 0.191. The average molecular weight is 249 g/mol. The molecule has 0 unspecified atom stereocenters. The predicted octanol–water partition coefficient (Wildman–Crippen LogP) is 2.39. The summed E-state index contributed by atoms with van der Waals surface area (Å²) >= 11 is 4.64. The second-order valence-corrected chi connectivity index (χ2v) is 4.35. The quantitative estimate of drug-likeness (QED) is 0.462. The summed E-state index contributed by atoms with van der Waals surface area (Å²) in [5.41, 5.74) is 10.4. The van der Waals surface area contributed by atoms with E-state index in [1.54, 1.807) is 6.21 Å². The van der Waals surface area contributed by atoms with Crippen LogP contribution in [0.5, 0.6) is 0 Å². The number of unbranched alkanes of at least 4 members (excludes halogenated alkanes) is 1. The molecule has 0 radical (unpaired) electrons. The lowest BCUT2D eigenvalue weighted by Gasteiger charge is -2.01. The smallest absolute Gasteiger partial charge is 0.184 e. The molecule has 0 atom stereocenters. The lowest BCUT2D eigenvalue weighted by molar-refractivity contribution is 0.795. The zero-order chi connectivity index (χ0) is 12.5. The molecule has 3 nitrogen and oxygen atoms in total. The van der Waals surface area contributed by atoms with Gasteiger partial charge < -0.3 is 5.73 Å². The van der Waals surface area contributed by atoms with Crippen LogP contribution in [-0.4, -0.2) is 11.3 Å². The Morgan fingerprint density at radius 1 is 1.35 bits per heavy atom. The summed E-state index contributed by atoms with van der Waals surface area (Å²) < 4.78 is 0. The van der Waals surface area contributed by atoms with Crippen molar-refractivity contribution in [1.29, 1.82) is 0 Å². The van der Waals surface area contributed by atoms with E-state index in [1.165, 1.54) is 24.0 Å². The first-order valence-electron chi connectivity index (χ1n) is 5.87. The number of nitrogens with one attached hydrogen (secondary N) is 1. The van der Waals surface area contributed by atoms with E-state index in [-0.39, 0.29) is 5.11 Å². The van der Waals surface area contributed by atoms with Crippen molar-refractivity contribution in [2.75, 3.05) is 0 Å². The van der Waals surface area contributed by atoms with Crippen molar-refractivity contribution in [2.45, 2.75) is 32.6 Å². The van der Waals surface area contributed by atoms with E-state index >= 15 is 0 Å². The second kappa shape index (κ2) is 7.79. The molecular weight excluding hydrogens is 230 g/mol. The molecule has 0 heterocycles. The van der Waals surface area contributed by atoms with Crippen molar-refractivity contribution in [2.24, 2.45) is 10.8 Å². The molecule has 1 rings (SSSR count). The predicted molar refractivity (Wildman–Crippen MR) is 77.2 cm³/mol. The number of aryl methyl sites for hydroxylation is 1. The third-order valence-electron chi connectivity index (χ3n) is 2.43. The van der Waals surface area contributed by atoms with E-state index in [9.17, 15) is 0 Å². The van der Waals surface area contributed by atoms with Crippen molar-refractivity contribution in [3.63, 3.8) is 0 Å². The number of rotatable bonds is 6. The third kappa shape index (κ3) is 6.02. The van der Waals surface area contributed by atoms with E-state index in [0.717, 1.165) is 12.8 Å². The van der Waals surface area contributed by atoms with Crippen molar-refractivity contribution < 1.29 is 0 Å². The van der Waals surface area contributed by atoms with Crippen LogP contribution in [0.3, 0.4) is 0 Å². The molecule has 92 valence electrons. The molecule has 0 aliphatic heterocycles. The lowest BCUT2D eigenvalue weighted by atomic mass is 10.1. The van der Waals surface area contributed by atoms with Gasteiger partial charge in [-0.1, -0.05) is 37.6 Å². The van der Waals surface area contributed by atoms with E-state index in [1.807, 2.05) is 0 Å². The van der Waals surface area contributed by atoms with E-state index < -0.39 is 0 Å². The first-order chi connectivity index (χ1) is 8.22. The van der Waals surface area contributed by atoms with Crippen LogP contribution in [-0.2, 0) is 12.8 Å². The molecule has 0 aromatic heterocycles. The van der Waals surface area contributed by atoms with Gasteiger partial charge in [-0.25, -0.2) is 0 Å². The molecule has 4 heteroatoms. The Morgan fingerprint density at radius 2 is 2.00 bits per heavy atom. The van der Waals surface area contributed by atoms with E-state index in [0.29, 0.717) is 0 Å². The second-order valence-electron chi connectivity index (χ2n) is 3.91. The molecule has 0 saturated heterocycles. The van der Waals surface area contributed by atoms with Crippen LogP contribution < -0.4 is 11.2 Å². The first-order valence-corrected chi connectivity index (χ1v) is 6.28. The van der Waals surface area contributed by atoms with Gasteiger partial charge in [0.1, 0.15) is 0 Å². The number of nitrogens with zero attached hydrogens (tertiary/aromatic N) is 1. The summed E-state index contributed by atoms with van der Waals surface area (Å²) in [7, 11) is 0. The number of nitrogens with two attached hydrogens (primary N) is 1. The number of hydrogen-bond acceptors (Lipinski definition) is 2. The lowest BCUT2D eigenvalue weighted by Crippen LogP contribution is -2.24. The van der Waals surface area contributed by atoms with Gasteiger partial charge in [0.15, 0.2) is 5.11 Å². The molecule has 0 fully saturated rings. The molecule has 3 N–H and O–H groups in total. The Morgan fingerprint density at radius 3 is 2.59 bits per heavy atom.